The lowest BCUT2D eigenvalue weighted by Crippen LogP contribution is -2.29. The van der Waals surface area contributed by atoms with Gasteiger partial charge < -0.3 is 10.1 Å². The predicted molar refractivity (Wildman–Crippen MR) is 86.5 cm³/mol. The number of hydrogen-bond acceptors (Lipinski definition) is 2. The Hall–Kier alpha value is -2.29. The van der Waals surface area contributed by atoms with E-state index in [0.717, 1.165) is 24.8 Å². The molecule has 0 fully saturated rings. The molecule has 0 aliphatic heterocycles. The Bertz CT molecular complexity index is 624. The van der Waals surface area contributed by atoms with Gasteiger partial charge in [0, 0.05) is 0 Å². The Labute approximate surface area is 131 Å². The molecule has 1 aliphatic rings. The van der Waals surface area contributed by atoms with E-state index in [1.165, 1.54) is 17.5 Å². The number of amides is 1. The maximum absolute atomic E-state index is 12.1. The van der Waals surface area contributed by atoms with Gasteiger partial charge in [-0.1, -0.05) is 61.0 Å². The van der Waals surface area contributed by atoms with E-state index in [0.29, 0.717) is 6.61 Å². The SMILES string of the molecule is O=C(NC1CCCCc2ccccc21)OCc1ccccc1. The summed E-state index contributed by atoms with van der Waals surface area (Å²) in [7, 11) is 0. The third-order valence-electron chi connectivity index (χ3n) is 4.12. The van der Waals surface area contributed by atoms with Crippen molar-refractivity contribution >= 4 is 6.09 Å². The lowest BCUT2D eigenvalue weighted by Gasteiger charge is -2.19. The van der Waals surface area contributed by atoms with Crippen LogP contribution in [0.1, 0.15) is 42.0 Å². The van der Waals surface area contributed by atoms with Crippen molar-refractivity contribution in [2.45, 2.75) is 38.3 Å². The molecule has 3 nitrogen and oxygen atoms in total. The zero-order valence-electron chi connectivity index (χ0n) is 12.6. The van der Waals surface area contributed by atoms with Crippen molar-refractivity contribution in [2.24, 2.45) is 0 Å². The molecule has 114 valence electrons. The van der Waals surface area contributed by atoms with Crippen LogP contribution < -0.4 is 5.32 Å². The molecule has 3 rings (SSSR count). The maximum atomic E-state index is 12.1. The van der Waals surface area contributed by atoms with Crippen LogP contribution in [0.15, 0.2) is 54.6 Å². The highest BCUT2D eigenvalue weighted by Gasteiger charge is 2.20. The molecule has 0 saturated heterocycles. The van der Waals surface area contributed by atoms with Crippen molar-refractivity contribution < 1.29 is 9.53 Å². The van der Waals surface area contributed by atoms with Crippen molar-refractivity contribution in [2.75, 3.05) is 0 Å². The van der Waals surface area contributed by atoms with Gasteiger partial charge >= 0.3 is 6.09 Å². The Kier molecular flexibility index (Phi) is 4.74. The van der Waals surface area contributed by atoms with Gasteiger partial charge in [-0.25, -0.2) is 4.79 Å². The number of rotatable bonds is 3. The third kappa shape index (κ3) is 3.67. The van der Waals surface area contributed by atoms with Crippen LogP contribution in [0, 0.1) is 0 Å². The van der Waals surface area contributed by atoms with Crippen LogP contribution in [0.2, 0.25) is 0 Å². The van der Waals surface area contributed by atoms with Crippen LogP contribution in [0.25, 0.3) is 0 Å². The molecule has 3 heteroatoms. The molecule has 0 spiro atoms. The molecular formula is C19H21NO2. The Morgan fingerprint density at radius 3 is 2.68 bits per heavy atom. The quantitative estimate of drug-likeness (QED) is 0.853. The maximum Gasteiger partial charge on any atom is 0.407 e. The summed E-state index contributed by atoms with van der Waals surface area (Å²) in [4.78, 5) is 12.1. The zero-order chi connectivity index (χ0) is 15.2. The van der Waals surface area contributed by atoms with E-state index >= 15 is 0 Å². The van der Waals surface area contributed by atoms with Crippen LogP contribution in [0.5, 0.6) is 0 Å². The summed E-state index contributed by atoms with van der Waals surface area (Å²) in [5.41, 5.74) is 3.57. The number of alkyl carbamates (subject to hydrolysis) is 1. The number of ether oxygens (including phenoxy) is 1. The topological polar surface area (TPSA) is 38.3 Å². The highest BCUT2D eigenvalue weighted by Crippen LogP contribution is 2.28. The lowest BCUT2D eigenvalue weighted by molar-refractivity contribution is 0.135. The molecule has 0 radical (unpaired) electrons. The van der Waals surface area contributed by atoms with Gasteiger partial charge in [0.15, 0.2) is 0 Å². The second-order valence-corrected chi connectivity index (χ2v) is 5.70. The molecule has 2 aromatic carbocycles. The molecule has 1 atom stereocenters. The first-order chi connectivity index (χ1) is 10.8. The van der Waals surface area contributed by atoms with Gasteiger partial charge in [-0.05, 0) is 36.0 Å². The first-order valence-corrected chi connectivity index (χ1v) is 7.88. The fourth-order valence-corrected chi connectivity index (χ4v) is 2.98. The summed E-state index contributed by atoms with van der Waals surface area (Å²) in [6.45, 7) is 0.307. The van der Waals surface area contributed by atoms with Crippen LogP contribution in [-0.2, 0) is 17.8 Å². The minimum atomic E-state index is -0.342. The monoisotopic (exact) mass is 295 g/mol. The van der Waals surface area contributed by atoms with Gasteiger partial charge in [0.2, 0.25) is 0 Å². The van der Waals surface area contributed by atoms with Gasteiger partial charge in [-0.15, -0.1) is 0 Å². The third-order valence-corrected chi connectivity index (χ3v) is 4.12. The van der Waals surface area contributed by atoms with Crippen molar-refractivity contribution in [1.29, 1.82) is 0 Å². The van der Waals surface area contributed by atoms with Crippen LogP contribution in [0.4, 0.5) is 4.79 Å². The van der Waals surface area contributed by atoms with Crippen molar-refractivity contribution in [3.63, 3.8) is 0 Å². The smallest absolute Gasteiger partial charge is 0.407 e. The first-order valence-electron chi connectivity index (χ1n) is 7.88. The Morgan fingerprint density at radius 1 is 1.05 bits per heavy atom. The number of nitrogens with one attached hydrogen (secondary N) is 1. The van der Waals surface area contributed by atoms with E-state index in [1.54, 1.807) is 0 Å². The molecule has 1 N–H and O–H groups in total. The molecule has 1 aliphatic carbocycles. The largest absolute Gasteiger partial charge is 0.445 e. The Morgan fingerprint density at radius 2 is 1.82 bits per heavy atom. The van der Waals surface area contributed by atoms with E-state index in [9.17, 15) is 4.79 Å². The highest BCUT2D eigenvalue weighted by atomic mass is 16.5. The van der Waals surface area contributed by atoms with Crippen LogP contribution >= 0.6 is 0 Å². The molecule has 0 saturated carbocycles. The molecule has 1 unspecified atom stereocenters. The summed E-state index contributed by atoms with van der Waals surface area (Å²) < 4.78 is 5.34. The van der Waals surface area contributed by atoms with E-state index in [2.05, 4.69) is 23.5 Å². The summed E-state index contributed by atoms with van der Waals surface area (Å²) >= 11 is 0. The van der Waals surface area contributed by atoms with Gasteiger partial charge in [0.25, 0.3) is 0 Å². The van der Waals surface area contributed by atoms with Crippen molar-refractivity contribution in [3.05, 3.63) is 71.3 Å². The summed E-state index contributed by atoms with van der Waals surface area (Å²) in [6, 6.07) is 18.2. The summed E-state index contributed by atoms with van der Waals surface area (Å²) in [5, 5.41) is 3.02. The molecule has 22 heavy (non-hydrogen) atoms. The summed E-state index contributed by atoms with van der Waals surface area (Å²) in [6.07, 6.45) is 4.02. The number of fused-ring (bicyclic) bond motifs is 1. The minimum Gasteiger partial charge on any atom is -0.445 e. The fraction of sp³-hybridized carbons (Fsp3) is 0.316. The van der Waals surface area contributed by atoms with Gasteiger partial charge in [-0.3, -0.25) is 0 Å². The molecule has 0 bridgehead atoms. The highest BCUT2D eigenvalue weighted by molar-refractivity contribution is 5.68. The van der Waals surface area contributed by atoms with E-state index in [1.807, 2.05) is 36.4 Å². The van der Waals surface area contributed by atoms with Crippen LogP contribution in [0.3, 0.4) is 0 Å². The first kappa shape index (κ1) is 14.6. The molecular weight excluding hydrogens is 274 g/mol. The van der Waals surface area contributed by atoms with E-state index in [4.69, 9.17) is 4.74 Å². The number of hydrogen-bond donors (Lipinski definition) is 1. The summed E-state index contributed by atoms with van der Waals surface area (Å²) in [5.74, 6) is 0. The average Bonchev–Trinajstić information content (AvgIpc) is 2.77. The van der Waals surface area contributed by atoms with Crippen molar-refractivity contribution in [1.82, 2.24) is 5.32 Å². The predicted octanol–water partition coefficient (Wildman–Crippen LogP) is 4.38. The minimum absolute atomic E-state index is 0.0574. The zero-order valence-corrected chi connectivity index (χ0v) is 12.6. The lowest BCUT2D eigenvalue weighted by atomic mass is 9.99. The van der Waals surface area contributed by atoms with E-state index < -0.39 is 0 Å². The van der Waals surface area contributed by atoms with Crippen molar-refractivity contribution in [3.8, 4) is 0 Å². The van der Waals surface area contributed by atoms with Gasteiger partial charge in [0.1, 0.15) is 6.61 Å². The average molecular weight is 295 g/mol. The van der Waals surface area contributed by atoms with E-state index in [-0.39, 0.29) is 12.1 Å². The molecule has 1 amide bonds. The van der Waals surface area contributed by atoms with Crippen LogP contribution in [-0.4, -0.2) is 6.09 Å². The van der Waals surface area contributed by atoms with Gasteiger partial charge in [-0.2, -0.15) is 0 Å². The molecule has 0 aromatic heterocycles. The molecule has 2 aromatic rings. The standard InChI is InChI=1S/C19H21NO2/c21-19(22-14-15-8-2-1-3-9-15)20-18-13-7-5-11-16-10-4-6-12-17(16)18/h1-4,6,8-10,12,18H,5,7,11,13-14H2,(H,20,21). The number of benzene rings is 2. The number of carbonyl (C=O) groups is 1. The normalized spacial score (nSPS) is 17.2. The fourth-order valence-electron chi connectivity index (χ4n) is 2.98. The second-order valence-electron chi connectivity index (χ2n) is 5.70. The second kappa shape index (κ2) is 7.12. The van der Waals surface area contributed by atoms with Gasteiger partial charge in [0.05, 0.1) is 6.04 Å². The number of aryl methyl sites for hydroxylation is 1. The number of carbonyl (C=O) groups excluding carboxylic acids is 1. The Balaban J connectivity index is 1.61. The molecule has 0 heterocycles.